The molecule has 0 unspecified atom stereocenters. The summed E-state index contributed by atoms with van der Waals surface area (Å²) in [6.07, 6.45) is 1.91. The molecule has 0 aromatic heterocycles. The molecule has 2 aromatic carbocycles. The van der Waals surface area contributed by atoms with Crippen molar-refractivity contribution in [3.8, 4) is 0 Å². The highest BCUT2D eigenvalue weighted by Crippen LogP contribution is 2.30. The number of carbonyl (C=O) groups is 1. The summed E-state index contributed by atoms with van der Waals surface area (Å²) in [6.45, 7) is 1.31. The van der Waals surface area contributed by atoms with Crippen LogP contribution in [0.25, 0.3) is 0 Å². The van der Waals surface area contributed by atoms with E-state index in [1.165, 1.54) is 37.1 Å². The van der Waals surface area contributed by atoms with Crippen molar-refractivity contribution < 1.29 is 17.9 Å². The number of hydrogen-bond acceptors (Lipinski definition) is 5. The van der Waals surface area contributed by atoms with Gasteiger partial charge in [-0.2, -0.15) is 0 Å². The zero-order chi connectivity index (χ0) is 18.6. The monoisotopic (exact) mass is 399 g/mol. The molecule has 0 aliphatic rings. The van der Waals surface area contributed by atoms with Gasteiger partial charge in [0.25, 0.3) is 10.0 Å². The van der Waals surface area contributed by atoms with Gasteiger partial charge in [0.15, 0.2) is 0 Å². The summed E-state index contributed by atoms with van der Waals surface area (Å²) in [5.74, 6) is -0.663. The molecule has 2 rings (SSSR count). The Morgan fingerprint density at radius 1 is 1.20 bits per heavy atom. The van der Waals surface area contributed by atoms with Crippen molar-refractivity contribution in [1.29, 1.82) is 0 Å². The number of halogens is 1. The van der Waals surface area contributed by atoms with Crippen LogP contribution < -0.4 is 4.31 Å². The van der Waals surface area contributed by atoms with E-state index < -0.39 is 22.5 Å². The summed E-state index contributed by atoms with van der Waals surface area (Å²) in [5, 5.41) is 0.378. The van der Waals surface area contributed by atoms with Gasteiger partial charge in [-0.05, 0) is 55.1 Å². The number of carbonyl (C=O) groups excluding carboxylic acids is 1. The Balaban J connectivity index is 2.56. The Morgan fingerprint density at radius 2 is 1.84 bits per heavy atom. The molecule has 0 saturated carbocycles. The Morgan fingerprint density at radius 3 is 2.40 bits per heavy atom. The first-order valence-corrected chi connectivity index (χ1v) is 10.3. The standard InChI is InChI=1S/C17H18ClNO4S2/c1-12-4-5-13(18)10-16(12)19(11-17(20)23-2)25(21,22)15-8-6-14(24-3)7-9-15/h4-10H,11H2,1-3H3. The van der Waals surface area contributed by atoms with Crippen LogP contribution in [0, 0.1) is 6.92 Å². The first kappa shape index (κ1) is 19.6. The van der Waals surface area contributed by atoms with Crippen molar-refractivity contribution in [2.75, 3.05) is 24.2 Å². The van der Waals surface area contributed by atoms with E-state index in [1.807, 2.05) is 6.26 Å². The number of hydrogen-bond donors (Lipinski definition) is 0. The van der Waals surface area contributed by atoms with E-state index in [2.05, 4.69) is 4.74 Å². The van der Waals surface area contributed by atoms with Crippen molar-refractivity contribution in [1.82, 2.24) is 0 Å². The summed E-state index contributed by atoms with van der Waals surface area (Å²) in [5.41, 5.74) is 1.02. The molecule has 0 atom stereocenters. The van der Waals surface area contributed by atoms with Gasteiger partial charge in [-0.3, -0.25) is 9.10 Å². The lowest BCUT2D eigenvalue weighted by atomic mass is 10.2. The van der Waals surface area contributed by atoms with E-state index in [4.69, 9.17) is 11.6 Å². The van der Waals surface area contributed by atoms with Crippen LogP contribution in [-0.4, -0.2) is 34.3 Å². The molecule has 2 aromatic rings. The van der Waals surface area contributed by atoms with Gasteiger partial charge in [-0.15, -0.1) is 11.8 Å². The lowest BCUT2D eigenvalue weighted by Crippen LogP contribution is -2.36. The molecule has 0 fully saturated rings. The molecule has 0 aliphatic heterocycles. The van der Waals surface area contributed by atoms with Gasteiger partial charge in [0.1, 0.15) is 6.54 Å². The van der Waals surface area contributed by atoms with E-state index in [-0.39, 0.29) is 4.90 Å². The Hall–Kier alpha value is -1.70. The average molecular weight is 400 g/mol. The number of sulfonamides is 1. The summed E-state index contributed by atoms with van der Waals surface area (Å²) in [6, 6.07) is 11.4. The van der Waals surface area contributed by atoms with Crippen molar-refractivity contribution in [3.05, 3.63) is 53.1 Å². The zero-order valence-electron chi connectivity index (χ0n) is 14.0. The van der Waals surface area contributed by atoms with Gasteiger partial charge in [0, 0.05) is 9.92 Å². The predicted molar refractivity (Wildman–Crippen MR) is 101 cm³/mol. The van der Waals surface area contributed by atoms with E-state index in [9.17, 15) is 13.2 Å². The molecule has 5 nitrogen and oxygen atoms in total. The van der Waals surface area contributed by atoms with Crippen LogP contribution >= 0.6 is 23.4 Å². The minimum Gasteiger partial charge on any atom is -0.468 e. The maximum absolute atomic E-state index is 13.1. The second-order valence-corrected chi connectivity index (χ2v) is 8.37. The van der Waals surface area contributed by atoms with Gasteiger partial charge in [-0.25, -0.2) is 8.42 Å². The number of thioether (sulfide) groups is 1. The molecule has 0 heterocycles. The van der Waals surface area contributed by atoms with Crippen LogP contribution in [0.2, 0.25) is 5.02 Å². The SMILES string of the molecule is COC(=O)CN(c1cc(Cl)ccc1C)S(=O)(=O)c1ccc(SC)cc1. The van der Waals surface area contributed by atoms with E-state index >= 15 is 0 Å². The number of rotatable bonds is 6. The highest BCUT2D eigenvalue weighted by molar-refractivity contribution is 7.98. The smallest absolute Gasteiger partial charge is 0.326 e. The van der Waals surface area contributed by atoms with Crippen LogP contribution in [0.1, 0.15) is 5.56 Å². The highest BCUT2D eigenvalue weighted by Gasteiger charge is 2.28. The lowest BCUT2D eigenvalue weighted by Gasteiger charge is -2.25. The van der Waals surface area contributed by atoms with Gasteiger partial charge >= 0.3 is 5.97 Å². The fourth-order valence-electron chi connectivity index (χ4n) is 2.21. The van der Waals surface area contributed by atoms with Crippen LogP contribution in [0.15, 0.2) is 52.3 Å². The Labute approximate surface area is 157 Å². The normalized spacial score (nSPS) is 11.2. The van der Waals surface area contributed by atoms with Crippen molar-refractivity contribution in [2.45, 2.75) is 16.7 Å². The fraction of sp³-hybridized carbons (Fsp3) is 0.235. The molecule has 25 heavy (non-hydrogen) atoms. The topological polar surface area (TPSA) is 63.7 Å². The minimum absolute atomic E-state index is 0.0913. The molecular formula is C17H18ClNO4S2. The third-order valence-electron chi connectivity index (χ3n) is 3.59. The third kappa shape index (κ3) is 4.48. The number of aryl methyl sites for hydroxylation is 1. The number of anilines is 1. The van der Waals surface area contributed by atoms with Crippen molar-refractivity contribution >= 4 is 45.0 Å². The van der Waals surface area contributed by atoms with E-state index in [1.54, 1.807) is 31.2 Å². The zero-order valence-corrected chi connectivity index (χ0v) is 16.4. The van der Waals surface area contributed by atoms with Gasteiger partial charge < -0.3 is 4.74 Å². The maximum atomic E-state index is 13.1. The molecule has 0 aliphatic carbocycles. The van der Waals surface area contributed by atoms with Crippen molar-refractivity contribution in [2.24, 2.45) is 0 Å². The van der Waals surface area contributed by atoms with E-state index in [0.717, 1.165) is 9.20 Å². The second-order valence-electron chi connectivity index (χ2n) is 5.19. The summed E-state index contributed by atoms with van der Waals surface area (Å²) in [7, 11) is -2.75. The number of methoxy groups -OCH3 is 1. The van der Waals surface area contributed by atoms with Gasteiger partial charge in [0.05, 0.1) is 17.7 Å². The number of esters is 1. The molecule has 0 saturated heterocycles. The summed E-state index contributed by atoms with van der Waals surface area (Å²) >= 11 is 7.54. The molecule has 8 heteroatoms. The largest absolute Gasteiger partial charge is 0.468 e. The van der Waals surface area contributed by atoms with Gasteiger partial charge in [0.2, 0.25) is 0 Å². The molecule has 0 bridgehead atoms. The Bertz CT molecular complexity index is 867. The van der Waals surface area contributed by atoms with Crippen LogP contribution in [-0.2, 0) is 19.6 Å². The van der Waals surface area contributed by atoms with Gasteiger partial charge in [-0.1, -0.05) is 17.7 Å². The number of ether oxygens (including phenoxy) is 1. The number of nitrogens with zero attached hydrogens (tertiary/aromatic N) is 1. The first-order chi connectivity index (χ1) is 11.8. The lowest BCUT2D eigenvalue weighted by molar-refractivity contribution is -0.138. The molecule has 0 spiro atoms. The Kier molecular flexibility index (Phi) is 6.37. The quantitative estimate of drug-likeness (QED) is 0.547. The highest BCUT2D eigenvalue weighted by atomic mass is 35.5. The van der Waals surface area contributed by atoms with Crippen LogP contribution in [0.5, 0.6) is 0 Å². The van der Waals surface area contributed by atoms with Crippen LogP contribution in [0.3, 0.4) is 0 Å². The van der Waals surface area contributed by atoms with E-state index in [0.29, 0.717) is 16.3 Å². The summed E-state index contributed by atoms with van der Waals surface area (Å²) < 4.78 is 31.9. The third-order valence-corrected chi connectivity index (χ3v) is 6.34. The fourth-order valence-corrected chi connectivity index (χ4v) is 4.25. The predicted octanol–water partition coefficient (Wildman–Crippen LogP) is 3.74. The first-order valence-electron chi connectivity index (χ1n) is 7.29. The minimum atomic E-state index is -3.96. The molecule has 0 N–H and O–H groups in total. The molecule has 134 valence electrons. The number of benzene rings is 2. The molecule has 0 amide bonds. The summed E-state index contributed by atoms with van der Waals surface area (Å²) in [4.78, 5) is 12.8. The molecule has 0 radical (unpaired) electrons. The average Bonchev–Trinajstić information content (AvgIpc) is 2.61. The maximum Gasteiger partial charge on any atom is 0.326 e. The second kappa shape index (κ2) is 8.12. The van der Waals surface area contributed by atoms with Crippen LogP contribution in [0.4, 0.5) is 5.69 Å². The molecular weight excluding hydrogens is 382 g/mol. The van der Waals surface area contributed by atoms with Crippen molar-refractivity contribution in [3.63, 3.8) is 0 Å².